The van der Waals surface area contributed by atoms with Gasteiger partial charge >= 0.3 is 0 Å². The summed E-state index contributed by atoms with van der Waals surface area (Å²) in [6.07, 6.45) is 0.456. The van der Waals surface area contributed by atoms with Crippen molar-refractivity contribution in [3.63, 3.8) is 0 Å². The highest BCUT2D eigenvalue weighted by Crippen LogP contribution is 2.42. The van der Waals surface area contributed by atoms with Crippen LogP contribution >= 0.6 is 0 Å². The number of hydrogen-bond acceptors (Lipinski definition) is 4. The monoisotopic (exact) mass is 521 g/mol. The second-order valence-corrected chi connectivity index (χ2v) is 12.6. The third kappa shape index (κ3) is 5.64. The third-order valence-electron chi connectivity index (χ3n) is 6.57. The van der Waals surface area contributed by atoms with E-state index in [9.17, 15) is 18.0 Å². The molecule has 1 atom stereocenters. The molecule has 1 heterocycles. The van der Waals surface area contributed by atoms with Gasteiger partial charge in [0, 0.05) is 30.4 Å². The third-order valence-corrected chi connectivity index (χ3v) is 8.43. The van der Waals surface area contributed by atoms with Crippen LogP contribution < -0.4 is 9.62 Å². The van der Waals surface area contributed by atoms with Gasteiger partial charge < -0.3 is 10.2 Å². The molecule has 4 rings (SSSR count). The molecular weight excluding hydrogens is 486 g/mol. The molecule has 0 radical (unpaired) electrons. The van der Waals surface area contributed by atoms with E-state index in [-0.39, 0.29) is 24.8 Å². The van der Waals surface area contributed by atoms with E-state index in [2.05, 4.69) is 5.32 Å². The quantitative estimate of drug-likeness (QED) is 0.463. The highest BCUT2D eigenvalue weighted by molar-refractivity contribution is 7.93. The van der Waals surface area contributed by atoms with Crippen LogP contribution in [0.1, 0.15) is 51.7 Å². The molecule has 37 heavy (non-hydrogen) atoms. The van der Waals surface area contributed by atoms with E-state index < -0.39 is 21.6 Å². The molecule has 196 valence electrons. The number of aryl methyl sites for hydroxylation is 1. The molecule has 1 aliphatic rings. The summed E-state index contributed by atoms with van der Waals surface area (Å²) in [6.45, 7) is 9.91. The van der Waals surface area contributed by atoms with Gasteiger partial charge in [-0.3, -0.25) is 13.9 Å². The summed E-state index contributed by atoms with van der Waals surface area (Å²) in [5, 5.41) is 4.56. The zero-order chi connectivity index (χ0) is 27.0. The van der Waals surface area contributed by atoms with Crippen LogP contribution in [-0.4, -0.2) is 43.3 Å². The van der Waals surface area contributed by atoms with Gasteiger partial charge in [-0.05, 0) is 64.1 Å². The average molecular weight is 522 g/mol. The van der Waals surface area contributed by atoms with Crippen molar-refractivity contribution in [1.29, 1.82) is 0 Å². The Hall–Kier alpha value is -3.39. The lowest BCUT2D eigenvalue weighted by Gasteiger charge is -2.31. The molecule has 0 aliphatic carbocycles. The zero-order valence-electron chi connectivity index (χ0n) is 22.1. The summed E-state index contributed by atoms with van der Waals surface area (Å²) in [6, 6.07) is 18.0. The highest BCUT2D eigenvalue weighted by Gasteiger charge is 2.35. The van der Waals surface area contributed by atoms with Crippen LogP contribution in [0.4, 0.5) is 5.69 Å². The van der Waals surface area contributed by atoms with Gasteiger partial charge in [0.2, 0.25) is 11.8 Å². The number of carbonyl (C=O) groups excluding carboxylic acids is 2. The van der Waals surface area contributed by atoms with Crippen LogP contribution in [-0.2, 0) is 26.2 Å². The fourth-order valence-corrected chi connectivity index (χ4v) is 6.41. The van der Waals surface area contributed by atoms with Gasteiger partial charge in [-0.2, -0.15) is 0 Å². The summed E-state index contributed by atoms with van der Waals surface area (Å²) in [5.74, 6) is -0.415. The van der Waals surface area contributed by atoms with E-state index >= 15 is 0 Å². The Morgan fingerprint density at radius 1 is 1.00 bits per heavy atom. The van der Waals surface area contributed by atoms with Gasteiger partial charge in [0.15, 0.2) is 0 Å². The van der Waals surface area contributed by atoms with Gasteiger partial charge in [0.1, 0.15) is 6.04 Å². The number of benzene rings is 3. The topological polar surface area (TPSA) is 86.8 Å². The first-order chi connectivity index (χ1) is 17.4. The van der Waals surface area contributed by atoms with E-state index in [1.807, 2.05) is 70.2 Å². The van der Waals surface area contributed by atoms with E-state index in [0.29, 0.717) is 23.5 Å². The lowest BCUT2D eigenvalue weighted by molar-refractivity contribution is -0.141. The van der Waals surface area contributed by atoms with Crippen molar-refractivity contribution in [2.45, 2.75) is 70.5 Å². The molecule has 0 aromatic heterocycles. The maximum absolute atomic E-state index is 13.4. The van der Waals surface area contributed by atoms with Gasteiger partial charge in [-0.15, -0.1) is 0 Å². The van der Waals surface area contributed by atoms with Crippen molar-refractivity contribution >= 4 is 38.3 Å². The van der Waals surface area contributed by atoms with Gasteiger partial charge in [0.25, 0.3) is 10.0 Å². The Morgan fingerprint density at radius 2 is 1.65 bits per heavy atom. The number of amides is 2. The molecule has 3 aromatic rings. The number of anilines is 1. The first-order valence-electron chi connectivity index (χ1n) is 12.6. The Morgan fingerprint density at radius 3 is 2.30 bits per heavy atom. The lowest BCUT2D eigenvalue weighted by Crippen LogP contribution is -2.52. The second kappa shape index (κ2) is 10.2. The zero-order valence-corrected chi connectivity index (χ0v) is 22.9. The van der Waals surface area contributed by atoms with Gasteiger partial charge in [-0.25, -0.2) is 8.42 Å². The number of nitrogens with one attached hydrogen (secondary N) is 1. The molecule has 1 aliphatic heterocycles. The molecule has 0 bridgehead atoms. The molecule has 0 saturated heterocycles. The SMILES string of the molecule is Cc1ccc(CN(C(=O)CCCN2c3cccc4cccc(c34)S2(=O)=O)[C@H](C)C(=O)NC(C)(C)C)cc1. The van der Waals surface area contributed by atoms with E-state index in [1.54, 1.807) is 30.0 Å². The average Bonchev–Trinajstić information content (AvgIpc) is 3.05. The molecule has 0 saturated carbocycles. The maximum Gasteiger partial charge on any atom is 0.265 e. The molecule has 0 unspecified atom stereocenters. The van der Waals surface area contributed by atoms with E-state index in [4.69, 9.17) is 0 Å². The first-order valence-corrected chi connectivity index (χ1v) is 14.0. The number of rotatable bonds is 8. The molecular formula is C29H35N3O4S. The first kappa shape index (κ1) is 26.7. The van der Waals surface area contributed by atoms with Crippen LogP contribution in [0.15, 0.2) is 65.6 Å². The summed E-state index contributed by atoms with van der Waals surface area (Å²) in [4.78, 5) is 28.3. The Balaban J connectivity index is 1.50. The number of sulfonamides is 1. The lowest BCUT2D eigenvalue weighted by atomic mass is 10.1. The van der Waals surface area contributed by atoms with Crippen molar-refractivity contribution < 1.29 is 18.0 Å². The van der Waals surface area contributed by atoms with Crippen molar-refractivity contribution in [2.75, 3.05) is 10.8 Å². The van der Waals surface area contributed by atoms with Crippen molar-refractivity contribution in [3.8, 4) is 0 Å². The summed E-state index contributed by atoms with van der Waals surface area (Å²) in [7, 11) is -3.68. The predicted molar refractivity (Wildman–Crippen MR) is 147 cm³/mol. The van der Waals surface area contributed by atoms with Crippen LogP contribution in [0.5, 0.6) is 0 Å². The minimum atomic E-state index is -3.68. The van der Waals surface area contributed by atoms with Crippen molar-refractivity contribution in [3.05, 3.63) is 71.8 Å². The van der Waals surface area contributed by atoms with Gasteiger partial charge in [0.05, 0.1) is 10.6 Å². The molecule has 3 aromatic carbocycles. The molecule has 0 spiro atoms. The Labute approximate surface area is 219 Å². The Kier molecular flexibility index (Phi) is 7.33. The molecule has 0 fully saturated rings. The van der Waals surface area contributed by atoms with Crippen molar-refractivity contribution in [2.24, 2.45) is 0 Å². The predicted octanol–water partition coefficient (Wildman–Crippen LogP) is 4.77. The van der Waals surface area contributed by atoms with Crippen molar-refractivity contribution in [1.82, 2.24) is 10.2 Å². The van der Waals surface area contributed by atoms with E-state index in [0.717, 1.165) is 21.9 Å². The minimum absolute atomic E-state index is 0.122. The largest absolute Gasteiger partial charge is 0.350 e. The number of carbonyl (C=O) groups is 2. The molecule has 8 heteroatoms. The fourth-order valence-electron chi connectivity index (χ4n) is 4.66. The van der Waals surface area contributed by atoms with Crippen LogP contribution in [0, 0.1) is 6.92 Å². The number of nitrogens with zero attached hydrogens (tertiary/aromatic N) is 2. The number of hydrogen-bond donors (Lipinski definition) is 1. The smallest absolute Gasteiger partial charge is 0.265 e. The van der Waals surface area contributed by atoms with Crippen LogP contribution in [0.3, 0.4) is 0 Å². The molecule has 1 N–H and O–H groups in total. The van der Waals surface area contributed by atoms with Crippen LogP contribution in [0.25, 0.3) is 10.8 Å². The minimum Gasteiger partial charge on any atom is -0.350 e. The summed E-state index contributed by atoms with van der Waals surface area (Å²) in [5.41, 5.74) is 2.26. The maximum atomic E-state index is 13.4. The molecule has 2 amide bonds. The fraction of sp³-hybridized carbons (Fsp3) is 0.379. The second-order valence-electron chi connectivity index (χ2n) is 10.7. The standard InChI is InChI=1S/C29H35N3O4S/c1-20-14-16-22(17-15-20)19-31(21(2)28(34)30-29(3,4)5)26(33)13-8-18-32-24-11-6-9-23-10-7-12-25(27(23)24)37(32,35)36/h6-7,9-12,14-17,21H,8,13,18-19H2,1-5H3,(H,30,34)/t21-/m1/s1. The summed E-state index contributed by atoms with van der Waals surface area (Å²) < 4.78 is 27.9. The van der Waals surface area contributed by atoms with Crippen LogP contribution in [0.2, 0.25) is 0 Å². The summed E-state index contributed by atoms with van der Waals surface area (Å²) >= 11 is 0. The normalized spacial score (nSPS) is 15.0. The Bertz CT molecular complexity index is 1420. The molecule has 7 nitrogen and oxygen atoms in total. The van der Waals surface area contributed by atoms with Gasteiger partial charge in [-0.1, -0.05) is 54.1 Å². The highest BCUT2D eigenvalue weighted by atomic mass is 32.2. The van der Waals surface area contributed by atoms with E-state index in [1.165, 1.54) is 4.31 Å².